The quantitative estimate of drug-likeness (QED) is 0.745. The van der Waals surface area contributed by atoms with E-state index in [0.29, 0.717) is 12.5 Å². The second-order valence-electron chi connectivity index (χ2n) is 6.08. The zero-order valence-electron chi connectivity index (χ0n) is 13.7. The Labute approximate surface area is 151 Å². The molecule has 3 aromatic rings. The Balaban J connectivity index is 1.55. The highest BCUT2D eigenvalue weighted by molar-refractivity contribution is 6.35. The van der Waals surface area contributed by atoms with Crippen molar-refractivity contribution in [2.24, 2.45) is 0 Å². The molecule has 0 aliphatic carbocycles. The first-order valence-electron chi connectivity index (χ1n) is 8.42. The molecule has 2 aromatic carbocycles. The average molecular weight is 355 g/mol. The van der Waals surface area contributed by atoms with Crippen LogP contribution in [0.2, 0.25) is 5.02 Å². The summed E-state index contributed by atoms with van der Waals surface area (Å²) < 4.78 is 12.1. The number of ether oxygens (including phenoxy) is 2. The van der Waals surface area contributed by atoms with Crippen molar-refractivity contribution in [3.05, 3.63) is 65.3 Å². The average Bonchev–Trinajstić information content (AvgIpc) is 3.16. The number of fused-ring (bicyclic) bond motifs is 1. The fourth-order valence-corrected chi connectivity index (χ4v) is 3.27. The van der Waals surface area contributed by atoms with E-state index < -0.39 is 0 Å². The van der Waals surface area contributed by atoms with Gasteiger partial charge in [-0.3, -0.25) is 0 Å². The van der Waals surface area contributed by atoms with Crippen LogP contribution in [0.3, 0.4) is 0 Å². The van der Waals surface area contributed by atoms with Gasteiger partial charge >= 0.3 is 0 Å². The number of rotatable bonds is 5. The summed E-state index contributed by atoms with van der Waals surface area (Å²) in [5, 5.41) is 6.01. The molecule has 1 aliphatic heterocycles. The monoisotopic (exact) mass is 354 g/mol. The third-order valence-electron chi connectivity index (χ3n) is 4.36. The van der Waals surface area contributed by atoms with E-state index in [1.54, 1.807) is 6.20 Å². The smallest absolute Gasteiger partial charge is 0.220 e. The van der Waals surface area contributed by atoms with Gasteiger partial charge in [0.05, 0.1) is 5.56 Å². The molecule has 0 saturated carbocycles. The topological polar surface area (TPSA) is 43.4 Å². The van der Waals surface area contributed by atoms with E-state index in [9.17, 15) is 0 Å². The first-order chi connectivity index (χ1) is 12.3. The van der Waals surface area contributed by atoms with Crippen LogP contribution in [-0.4, -0.2) is 24.2 Å². The zero-order valence-corrected chi connectivity index (χ0v) is 14.5. The molecule has 1 atom stereocenters. The molecule has 5 heteroatoms. The van der Waals surface area contributed by atoms with E-state index in [2.05, 4.69) is 10.3 Å². The summed E-state index contributed by atoms with van der Waals surface area (Å²) in [5.41, 5.74) is 0.938. The molecule has 128 valence electrons. The number of aromatic nitrogens is 1. The second-order valence-corrected chi connectivity index (χ2v) is 6.49. The molecule has 1 aliphatic rings. The second kappa shape index (κ2) is 7.30. The molecule has 4 nitrogen and oxygen atoms in total. The molecule has 1 N–H and O–H groups in total. The number of halogens is 1. The molecule has 1 aromatic heterocycles. The van der Waals surface area contributed by atoms with Crippen molar-refractivity contribution in [3.63, 3.8) is 0 Å². The Morgan fingerprint density at radius 3 is 2.80 bits per heavy atom. The van der Waals surface area contributed by atoms with E-state index >= 15 is 0 Å². The molecular weight excluding hydrogens is 336 g/mol. The Morgan fingerprint density at radius 2 is 1.96 bits per heavy atom. The molecule has 4 rings (SSSR count). The van der Waals surface area contributed by atoms with E-state index in [1.807, 2.05) is 48.5 Å². The third kappa shape index (κ3) is 3.55. The number of nitrogens with one attached hydrogen (secondary N) is 1. The minimum Gasteiger partial charge on any atom is -0.488 e. The van der Waals surface area contributed by atoms with E-state index in [-0.39, 0.29) is 6.10 Å². The van der Waals surface area contributed by atoms with Gasteiger partial charge in [-0.15, -0.1) is 0 Å². The number of pyridine rings is 1. The zero-order chi connectivity index (χ0) is 17.1. The number of hydrogen-bond acceptors (Lipinski definition) is 4. The van der Waals surface area contributed by atoms with Crippen LogP contribution in [0.1, 0.15) is 12.0 Å². The molecule has 1 fully saturated rings. The lowest BCUT2D eigenvalue weighted by Gasteiger charge is -2.16. The van der Waals surface area contributed by atoms with Crippen LogP contribution in [0.5, 0.6) is 11.6 Å². The summed E-state index contributed by atoms with van der Waals surface area (Å²) in [7, 11) is 0. The van der Waals surface area contributed by atoms with Crippen LogP contribution in [0.25, 0.3) is 10.8 Å². The van der Waals surface area contributed by atoms with Crippen molar-refractivity contribution >= 4 is 22.4 Å². The lowest BCUT2D eigenvalue weighted by atomic mass is 10.1. The molecule has 0 bridgehead atoms. The molecular formula is C20H19ClN2O2. The van der Waals surface area contributed by atoms with Gasteiger partial charge in [0.15, 0.2) is 0 Å². The van der Waals surface area contributed by atoms with Gasteiger partial charge in [-0.05, 0) is 37.2 Å². The van der Waals surface area contributed by atoms with E-state index in [1.165, 1.54) is 0 Å². The van der Waals surface area contributed by atoms with E-state index in [4.69, 9.17) is 21.1 Å². The van der Waals surface area contributed by atoms with Gasteiger partial charge in [-0.25, -0.2) is 4.98 Å². The maximum Gasteiger partial charge on any atom is 0.220 e. The standard InChI is InChI=1S/C20H19ClN2O2/c21-18-7-8-19(17-6-2-1-5-16(17)18)24-13-14-4-3-10-23-20(14)25-15-9-11-22-12-15/h1-8,10,15,22H,9,11-13H2. The Bertz CT molecular complexity index is 878. The highest BCUT2D eigenvalue weighted by Crippen LogP contribution is 2.32. The Morgan fingerprint density at radius 1 is 1.08 bits per heavy atom. The SMILES string of the molecule is Clc1ccc(OCc2cccnc2OC2CCNC2)c2ccccc12. The summed E-state index contributed by atoms with van der Waals surface area (Å²) in [5.74, 6) is 1.45. The fourth-order valence-electron chi connectivity index (χ4n) is 3.04. The Kier molecular flexibility index (Phi) is 4.72. The number of benzene rings is 2. The normalized spacial score (nSPS) is 16.9. The van der Waals surface area contributed by atoms with Crippen molar-refractivity contribution in [3.8, 4) is 11.6 Å². The predicted molar refractivity (Wildman–Crippen MR) is 99.4 cm³/mol. The summed E-state index contributed by atoms with van der Waals surface area (Å²) in [6.45, 7) is 2.24. The molecule has 2 heterocycles. The molecule has 1 unspecified atom stereocenters. The van der Waals surface area contributed by atoms with Crippen molar-refractivity contribution in [2.45, 2.75) is 19.1 Å². The summed E-state index contributed by atoms with van der Waals surface area (Å²) in [6, 6.07) is 15.6. The van der Waals surface area contributed by atoms with Crippen LogP contribution < -0.4 is 14.8 Å². The van der Waals surface area contributed by atoms with Gasteiger partial charge in [0.2, 0.25) is 5.88 Å². The molecule has 0 radical (unpaired) electrons. The van der Waals surface area contributed by atoms with Gasteiger partial charge in [0.1, 0.15) is 18.5 Å². The maximum atomic E-state index is 6.28. The molecule has 0 amide bonds. The highest BCUT2D eigenvalue weighted by atomic mass is 35.5. The van der Waals surface area contributed by atoms with Crippen molar-refractivity contribution in [1.29, 1.82) is 0 Å². The van der Waals surface area contributed by atoms with Crippen LogP contribution in [0, 0.1) is 0 Å². The van der Waals surface area contributed by atoms with Gasteiger partial charge < -0.3 is 14.8 Å². The highest BCUT2D eigenvalue weighted by Gasteiger charge is 2.18. The predicted octanol–water partition coefficient (Wildman–Crippen LogP) is 4.21. The van der Waals surface area contributed by atoms with Gasteiger partial charge in [0.25, 0.3) is 0 Å². The lowest BCUT2D eigenvalue weighted by molar-refractivity contribution is 0.205. The third-order valence-corrected chi connectivity index (χ3v) is 4.69. The number of hydrogen-bond donors (Lipinski definition) is 1. The minimum absolute atomic E-state index is 0.171. The van der Waals surface area contributed by atoms with Crippen molar-refractivity contribution in [2.75, 3.05) is 13.1 Å². The summed E-state index contributed by atoms with van der Waals surface area (Å²) in [6.07, 6.45) is 2.92. The van der Waals surface area contributed by atoms with Gasteiger partial charge in [-0.1, -0.05) is 35.9 Å². The lowest BCUT2D eigenvalue weighted by Crippen LogP contribution is -2.21. The minimum atomic E-state index is 0.171. The van der Waals surface area contributed by atoms with Crippen molar-refractivity contribution in [1.82, 2.24) is 10.3 Å². The number of nitrogens with zero attached hydrogens (tertiary/aromatic N) is 1. The van der Waals surface area contributed by atoms with Crippen LogP contribution in [-0.2, 0) is 6.61 Å². The maximum absolute atomic E-state index is 6.28. The summed E-state index contributed by atoms with van der Waals surface area (Å²) >= 11 is 6.28. The summed E-state index contributed by atoms with van der Waals surface area (Å²) in [4.78, 5) is 4.38. The fraction of sp³-hybridized carbons (Fsp3) is 0.250. The van der Waals surface area contributed by atoms with Gasteiger partial charge in [0, 0.05) is 28.5 Å². The van der Waals surface area contributed by atoms with Crippen LogP contribution in [0.4, 0.5) is 0 Å². The largest absolute Gasteiger partial charge is 0.488 e. The Hall–Kier alpha value is -2.30. The first kappa shape index (κ1) is 16.2. The molecule has 25 heavy (non-hydrogen) atoms. The molecule has 1 saturated heterocycles. The molecule has 0 spiro atoms. The van der Waals surface area contributed by atoms with Crippen LogP contribution >= 0.6 is 11.6 Å². The van der Waals surface area contributed by atoms with E-state index in [0.717, 1.165) is 46.6 Å². The van der Waals surface area contributed by atoms with Crippen LogP contribution in [0.15, 0.2) is 54.7 Å². The first-order valence-corrected chi connectivity index (χ1v) is 8.80. The van der Waals surface area contributed by atoms with Gasteiger partial charge in [-0.2, -0.15) is 0 Å². The van der Waals surface area contributed by atoms with Crippen molar-refractivity contribution < 1.29 is 9.47 Å².